The van der Waals surface area contributed by atoms with Gasteiger partial charge in [-0.25, -0.2) is 0 Å². The zero-order valence-electron chi connectivity index (χ0n) is 18.9. The molecule has 0 spiro atoms. The highest BCUT2D eigenvalue weighted by Gasteiger charge is 2.41. The number of likely N-dealkylation sites (N-methyl/N-ethyl adjacent to an activating group) is 1. The van der Waals surface area contributed by atoms with Gasteiger partial charge in [-0.2, -0.15) is 0 Å². The van der Waals surface area contributed by atoms with Crippen LogP contribution >= 0.6 is 0 Å². The van der Waals surface area contributed by atoms with Crippen LogP contribution in [0.25, 0.3) is 0 Å². The number of anilines is 1. The van der Waals surface area contributed by atoms with Crippen molar-refractivity contribution in [1.29, 1.82) is 0 Å². The summed E-state index contributed by atoms with van der Waals surface area (Å²) in [6.45, 7) is 5.45. The second-order valence-corrected chi connectivity index (χ2v) is 9.40. The molecule has 0 bridgehead atoms. The molecule has 2 amide bonds. The van der Waals surface area contributed by atoms with E-state index in [9.17, 15) is 9.59 Å². The van der Waals surface area contributed by atoms with Crippen LogP contribution < -0.4 is 15.0 Å². The Labute approximate surface area is 185 Å². The maximum Gasteiger partial charge on any atom is 0.227 e. The van der Waals surface area contributed by atoms with E-state index in [2.05, 4.69) is 22.2 Å². The normalized spacial score (nSPS) is 24.9. The van der Waals surface area contributed by atoms with Crippen molar-refractivity contribution in [2.75, 3.05) is 58.3 Å². The highest BCUT2D eigenvalue weighted by Crippen LogP contribution is 2.34. The summed E-state index contributed by atoms with van der Waals surface area (Å²) in [6.07, 6.45) is 6.33. The van der Waals surface area contributed by atoms with Crippen LogP contribution in [0.2, 0.25) is 0 Å². The maximum atomic E-state index is 13.1. The first kappa shape index (κ1) is 22.1. The van der Waals surface area contributed by atoms with Crippen LogP contribution in [-0.4, -0.2) is 80.6 Å². The summed E-state index contributed by atoms with van der Waals surface area (Å²) in [5.74, 6) is 0.495. The lowest BCUT2D eigenvalue weighted by molar-refractivity contribution is -0.127. The Bertz CT molecular complexity index is 768. The molecule has 4 rings (SSSR count). The van der Waals surface area contributed by atoms with Gasteiger partial charge in [-0.3, -0.25) is 14.5 Å². The van der Waals surface area contributed by atoms with Gasteiger partial charge in [-0.1, -0.05) is 19.3 Å². The minimum absolute atomic E-state index is 0.0109. The number of amides is 2. The molecule has 1 atom stereocenters. The van der Waals surface area contributed by atoms with E-state index in [-0.39, 0.29) is 29.7 Å². The molecule has 2 heterocycles. The smallest absolute Gasteiger partial charge is 0.227 e. The number of carbonyl (C=O) groups is 2. The summed E-state index contributed by atoms with van der Waals surface area (Å²) in [5, 5.41) is 3.26. The van der Waals surface area contributed by atoms with Crippen molar-refractivity contribution in [1.82, 2.24) is 15.1 Å². The first-order valence-electron chi connectivity index (χ1n) is 11.7. The van der Waals surface area contributed by atoms with E-state index in [1.165, 1.54) is 19.3 Å². The number of methoxy groups -OCH3 is 1. The standard InChI is InChI=1S/C24H36N4O3/c1-26-12-14-27(15-13-26)24(10-4-3-5-11-24)18-25-23(30)19-16-22(29)28(17-19)20-6-8-21(31-2)9-7-20/h6-9,19H,3-5,10-18H2,1-2H3,(H,25,30). The zero-order chi connectivity index (χ0) is 21.8. The molecular weight excluding hydrogens is 392 g/mol. The van der Waals surface area contributed by atoms with Crippen molar-refractivity contribution in [3.8, 4) is 5.75 Å². The molecule has 31 heavy (non-hydrogen) atoms. The number of piperazine rings is 1. The minimum atomic E-state index is -0.289. The first-order valence-corrected chi connectivity index (χ1v) is 11.7. The number of carbonyl (C=O) groups excluding carboxylic acids is 2. The largest absolute Gasteiger partial charge is 0.497 e. The minimum Gasteiger partial charge on any atom is -0.497 e. The van der Waals surface area contributed by atoms with Gasteiger partial charge in [0.25, 0.3) is 0 Å². The Morgan fingerprint density at radius 3 is 2.42 bits per heavy atom. The molecular formula is C24H36N4O3. The van der Waals surface area contributed by atoms with Gasteiger partial charge in [0.1, 0.15) is 5.75 Å². The molecule has 0 aromatic heterocycles. The van der Waals surface area contributed by atoms with E-state index in [0.717, 1.165) is 50.5 Å². The number of nitrogens with one attached hydrogen (secondary N) is 1. The predicted molar refractivity (Wildman–Crippen MR) is 121 cm³/mol. The van der Waals surface area contributed by atoms with Gasteiger partial charge in [0.2, 0.25) is 11.8 Å². The Hall–Kier alpha value is -2.12. The van der Waals surface area contributed by atoms with Gasteiger partial charge in [0.05, 0.1) is 13.0 Å². The summed E-state index contributed by atoms with van der Waals surface area (Å²) in [4.78, 5) is 32.4. The van der Waals surface area contributed by atoms with Crippen molar-refractivity contribution in [2.24, 2.45) is 5.92 Å². The molecule has 1 aromatic rings. The van der Waals surface area contributed by atoms with E-state index in [1.807, 2.05) is 24.3 Å². The molecule has 3 aliphatic rings. The zero-order valence-corrected chi connectivity index (χ0v) is 18.9. The summed E-state index contributed by atoms with van der Waals surface area (Å²) >= 11 is 0. The van der Waals surface area contributed by atoms with E-state index in [0.29, 0.717) is 13.1 Å². The van der Waals surface area contributed by atoms with E-state index in [1.54, 1.807) is 12.0 Å². The quantitative estimate of drug-likeness (QED) is 0.752. The Morgan fingerprint density at radius 2 is 1.77 bits per heavy atom. The van der Waals surface area contributed by atoms with Crippen LogP contribution in [-0.2, 0) is 9.59 Å². The molecule has 2 aliphatic heterocycles. The first-order chi connectivity index (χ1) is 15.0. The van der Waals surface area contributed by atoms with Gasteiger partial charge in [-0.15, -0.1) is 0 Å². The molecule has 7 heteroatoms. The third-order valence-electron chi connectivity index (χ3n) is 7.43. The second-order valence-electron chi connectivity index (χ2n) is 9.40. The number of benzene rings is 1. The van der Waals surface area contributed by atoms with Crippen molar-refractivity contribution in [2.45, 2.75) is 44.1 Å². The Kier molecular flexibility index (Phi) is 6.82. The van der Waals surface area contributed by atoms with Gasteiger partial charge in [0, 0.05) is 56.9 Å². The van der Waals surface area contributed by atoms with Crippen molar-refractivity contribution in [3.63, 3.8) is 0 Å². The van der Waals surface area contributed by atoms with Crippen LogP contribution in [0.1, 0.15) is 38.5 Å². The molecule has 1 N–H and O–H groups in total. The molecule has 2 saturated heterocycles. The van der Waals surface area contributed by atoms with Crippen LogP contribution in [0, 0.1) is 5.92 Å². The lowest BCUT2D eigenvalue weighted by Gasteiger charge is -2.49. The van der Waals surface area contributed by atoms with E-state index in [4.69, 9.17) is 4.74 Å². The molecule has 1 aliphatic carbocycles. The van der Waals surface area contributed by atoms with Crippen molar-refractivity contribution < 1.29 is 14.3 Å². The number of hydrogen-bond donors (Lipinski definition) is 1. The number of ether oxygens (including phenoxy) is 1. The highest BCUT2D eigenvalue weighted by molar-refractivity contribution is 6.00. The summed E-state index contributed by atoms with van der Waals surface area (Å²) in [7, 11) is 3.80. The third kappa shape index (κ3) is 4.88. The Balaban J connectivity index is 1.37. The molecule has 1 unspecified atom stereocenters. The molecule has 3 fully saturated rings. The average Bonchev–Trinajstić information content (AvgIpc) is 3.20. The van der Waals surface area contributed by atoms with Crippen molar-refractivity contribution >= 4 is 17.5 Å². The van der Waals surface area contributed by atoms with Crippen LogP contribution in [0.3, 0.4) is 0 Å². The summed E-state index contributed by atoms with van der Waals surface area (Å²) < 4.78 is 5.20. The van der Waals surface area contributed by atoms with E-state index >= 15 is 0 Å². The molecule has 1 saturated carbocycles. The lowest BCUT2D eigenvalue weighted by Crippen LogP contribution is -2.61. The number of nitrogens with zero attached hydrogens (tertiary/aromatic N) is 3. The van der Waals surface area contributed by atoms with Gasteiger partial charge >= 0.3 is 0 Å². The van der Waals surface area contributed by atoms with Gasteiger partial charge in [-0.05, 0) is 44.2 Å². The van der Waals surface area contributed by atoms with Crippen LogP contribution in [0.5, 0.6) is 5.75 Å². The molecule has 170 valence electrons. The van der Waals surface area contributed by atoms with Gasteiger partial charge < -0.3 is 19.9 Å². The second kappa shape index (κ2) is 9.57. The fraction of sp³-hybridized carbons (Fsp3) is 0.667. The van der Waals surface area contributed by atoms with Crippen molar-refractivity contribution in [3.05, 3.63) is 24.3 Å². The Morgan fingerprint density at radius 1 is 1.10 bits per heavy atom. The fourth-order valence-corrected chi connectivity index (χ4v) is 5.39. The summed E-state index contributed by atoms with van der Waals surface area (Å²) in [6, 6.07) is 7.45. The highest BCUT2D eigenvalue weighted by atomic mass is 16.5. The fourth-order valence-electron chi connectivity index (χ4n) is 5.39. The molecule has 7 nitrogen and oxygen atoms in total. The SMILES string of the molecule is COc1ccc(N2CC(C(=O)NCC3(N4CCN(C)CC4)CCCCC3)CC2=O)cc1. The third-order valence-corrected chi connectivity index (χ3v) is 7.43. The number of rotatable bonds is 6. The molecule has 1 aromatic carbocycles. The monoisotopic (exact) mass is 428 g/mol. The van der Waals surface area contributed by atoms with Gasteiger partial charge in [0.15, 0.2) is 0 Å². The number of hydrogen-bond acceptors (Lipinski definition) is 5. The van der Waals surface area contributed by atoms with Crippen LogP contribution in [0.4, 0.5) is 5.69 Å². The summed E-state index contributed by atoms with van der Waals surface area (Å²) in [5.41, 5.74) is 0.898. The lowest BCUT2D eigenvalue weighted by atomic mass is 9.79. The van der Waals surface area contributed by atoms with E-state index < -0.39 is 0 Å². The topological polar surface area (TPSA) is 65.1 Å². The maximum absolute atomic E-state index is 13.1. The average molecular weight is 429 g/mol. The predicted octanol–water partition coefficient (Wildman–Crippen LogP) is 2.11. The van der Waals surface area contributed by atoms with Crippen LogP contribution in [0.15, 0.2) is 24.3 Å². The molecule has 0 radical (unpaired) electrons.